The first kappa shape index (κ1) is 19.1. The van der Waals surface area contributed by atoms with Crippen LogP contribution in [-0.4, -0.2) is 43.4 Å². The van der Waals surface area contributed by atoms with Gasteiger partial charge in [-0.3, -0.25) is 4.79 Å². The molecule has 1 fully saturated rings. The van der Waals surface area contributed by atoms with Crippen LogP contribution in [0.25, 0.3) is 17.2 Å². The third-order valence-electron chi connectivity index (χ3n) is 5.60. The average molecular weight is 419 g/mol. The Morgan fingerprint density at radius 3 is 2.55 bits per heavy atom. The van der Waals surface area contributed by atoms with Gasteiger partial charge in [-0.1, -0.05) is 23.4 Å². The molecule has 0 N–H and O–H groups in total. The van der Waals surface area contributed by atoms with Crippen molar-refractivity contribution < 1.29 is 13.7 Å². The van der Waals surface area contributed by atoms with E-state index in [1.54, 1.807) is 34.7 Å². The van der Waals surface area contributed by atoms with E-state index in [1.165, 1.54) is 10.9 Å². The number of hydrogen-bond acceptors (Lipinski definition) is 6. The number of aromatic nitrogens is 4. The molecule has 9 nitrogen and oxygen atoms in total. The van der Waals surface area contributed by atoms with Crippen molar-refractivity contribution in [1.82, 2.24) is 24.4 Å². The van der Waals surface area contributed by atoms with Crippen molar-refractivity contribution in [3.8, 4) is 17.2 Å². The minimum Gasteiger partial charge on any atom is -0.461 e. The molecule has 158 valence electrons. The number of rotatable bonds is 4. The lowest BCUT2D eigenvalue weighted by molar-refractivity contribution is 0.0700. The molecule has 9 heteroatoms. The van der Waals surface area contributed by atoms with Gasteiger partial charge < -0.3 is 13.8 Å². The molecule has 3 aromatic heterocycles. The van der Waals surface area contributed by atoms with Gasteiger partial charge in [0.05, 0.1) is 12.0 Å². The number of nitrogens with zero attached hydrogens (tertiary/aromatic N) is 5. The van der Waals surface area contributed by atoms with Crippen LogP contribution in [0.4, 0.5) is 0 Å². The molecule has 1 aromatic carbocycles. The first-order valence-electron chi connectivity index (χ1n) is 10.1. The van der Waals surface area contributed by atoms with Gasteiger partial charge in [-0.15, -0.1) is 0 Å². The number of carbonyl (C=O) groups is 1. The van der Waals surface area contributed by atoms with E-state index in [-0.39, 0.29) is 23.2 Å². The minimum atomic E-state index is -0.179. The van der Waals surface area contributed by atoms with E-state index in [0.717, 1.165) is 11.5 Å². The molecule has 4 heterocycles. The van der Waals surface area contributed by atoms with E-state index in [9.17, 15) is 9.59 Å². The Balaban J connectivity index is 1.32. The number of carbonyl (C=O) groups excluding carboxylic acids is 1. The van der Waals surface area contributed by atoms with Gasteiger partial charge in [-0.25, -0.2) is 14.0 Å². The zero-order chi connectivity index (χ0) is 21.4. The summed E-state index contributed by atoms with van der Waals surface area (Å²) in [6.07, 6.45) is 2.95. The van der Waals surface area contributed by atoms with E-state index in [4.69, 9.17) is 8.94 Å². The molecule has 0 spiro atoms. The Bertz CT molecular complexity index is 1240. The zero-order valence-electron chi connectivity index (χ0n) is 17.0. The van der Waals surface area contributed by atoms with Crippen molar-refractivity contribution in [1.29, 1.82) is 0 Å². The fraction of sp³-hybridized carbons (Fsp3) is 0.273. The van der Waals surface area contributed by atoms with Crippen molar-refractivity contribution in [3.05, 3.63) is 76.8 Å². The summed E-state index contributed by atoms with van der Waals surface area (Å²) in [6.45, 7) is 1.10. The highest BCUT2D eigenvalue weighted by molar-refractivity contribution is 5.93. The molecule has 0 radical (unpaired) electrons. The predicted molar refractivity (Wildman–Crippen MR) is 111 cm³/mol. The highest BCUT2D eigenvalue weighted by Gasteiger charge is 2.30. The van der Waals surface area contributed by atoms with Crippen molar-refractivity contribution in [2.24, 2.45) is 7.05 Å². The maximum absolute atomic E-state index is 12.9. The van der Waals surface area contributed by atoms with E-state index in [1.807, 2.05) is 30.3 Å². The van der Waals surface area contributed by atoms with Gasteiger partial charge in [-0.05, 0) is 37.1 Å². The first-order valence-corrected chi connectivity index (χ1v) is 10.1. The molecule has 0 saturated carbocycles. The largest absolute Gasteiger partial charge is 0.461 e. The third kappa shape index (κ3) is 3.48. The van der Waals surface area contributed by atoms with Gasteiger partial charge >= 0.3 is 5.69 Å². The number of piperidine rings is 1. The molecule has 1 aliphatic heterocycles. The van der Waals surface area contributed by atoms with Crippen LogP contribution < -0.4 is 5.69 Å². The van der Waals surface area contributed by atoms with Gasteiger partial charge in [0.2, 0.25) is 5.76 Å². The lowest BCUT2D eigenvalue weighted by Gasteiger charge is -2.31. The molecule has 5 rings (SSSR count). The summed E-state index contributed by atoms with van der Waals surface area (Å²) < 4.78 is 13.6. The highest BCUT2D eigenvalue weighted by Crippen LogP contribution is 2.29. The molecular weight excluding hydrogens is 398 g/mol. The minimum absolute atomic E-state index is 0.0779. The number of aryl methyl sites for hydroxylation is 1. The Hall–Kier alpha value is -3.88. The Morgan fingerprint density at radius 1 is 1.06 bits per heavy atom. The molecule has 0 aliphatic carbocycles. The SMILES string of the molecule is Cn1nc(C2CCN(C(=O)c3cc(-c4ccco4)on3)CC2)n(-c2ccccc2)c1=O. The molecule has 4 aromatic rings. The molecule has 1 amide bonds. The molecule has 0 bridgehead atoms. The molecule has 1 aliphatic rings. The molecule has 0 unspecified atom stereocenters. The second-order valence-corrected chi connectivity index (χ2v) is 7.56. The fourth-order valence-corrected chi connectivity index (χ4v) is 3.98. The summed E-state index contributed by atoms with van der Waals surface area (Å²) in [5.74, 6) is 1.57. The summed E-state index contributed by atoms with van der Waals surface area (Å²) in [6, 6.07) is 14.6. The second kappa shape index (κ2) is 7.75. The molecular formula is C22H21N5O4. The normalized spacial score (nSPS) is 14.8. The van der Waals surface area contributed by atoms with Gasteiger partial charge in [0, 0.05) is 32.1 Å². The Morgan fingerprint density at radius 2 is 1.84 bits per heavy atom. The lowest BCUT2D eigenvalue weighted by Crippen LogP contribution is -2.38. The number of hydrogen-bond donors (Lipinski definition) is 0. The molecule has 1 saturated heterocycles. The Labute approximate surface area is 177 Å². The van der Waals surface area contributed by atoms with Crippen LogP contribution in [0.5, 0.6) is 0 Å². The van der Waals surface area contributed by atoms with Gasteiger partial charge in [0.25, 0.3) is 5.91 Å². The van der Waals surface area contributed by atoms with E-state index < -0.39 is 0 Å². The van der Waals surface area contributed by atoms with Crippen molar-refractivity contribution >= 4 is 5.91 Å². The maximum atomic E-state index is 12.9. The summed E-state index contributed by atoms with van der Waals surface area (Å²) in [5, 5.41) is 8.40. The van der Waals surface area contributed by atoms with Crippen LogP contribution in [0, 0.1) is 0 Å². The van der Waals surface area contributed by atoms with Crippen molar-refractivity contribution in [2.45, 2.75) is 18.8 Å². The zero-order valence-corrected chi connectivity index (χ0v) is 17.0. The molecule has 31 heavy (non-hydrogen) atoms. The smallest absolute Gasteiger partial charge is 0.350 e. The van der Waals surface area contributed by atoms with Crippen LogP contribution >= 0.6 is 0 Å². The van der Waals surface area contributed by atoms with Gasteiger partial charge in [-0.2, -0.15) is 5.10 Å². The third-order valence-corrected chi connectivity index (χ3v) is 5.60. The molecule has 0 atom stereocenters. The quantitative estimate of drug-likeness (QED) is 0.504. The summed E-state index contributed by atoms with van der Waals surface area (Å²) in [5.41, 5.74) is 0.874. The second-order valence-electron chi connectivity index (χ2n) is 7.56. The standard InChI is InChI=1S/C22H21N5O4/c1-25-22(29)27(16-6-3-2-4-7-16)20(23-25)15-9-11-26(12-10-15)21(28)17-14-19(31-24-17)18-8-5-13-30-18/h2-8,13-15H,9-12H2,1H3. The van der Waals surface area contributed by atoms with E-state index in [2.05, 4.69) is 10.3 Å². The first-order chi connectivity index (χ1) is 15.1. The highest BCUT2D eigenvalue weighted by atomic mass is 16.5. The van der Waals surface area contributed by atoms with E-state index >= 15 is 0 Å². The number of benzene rings is 1. The monoisotopic (exact) mass is 419 g/mol. The number of amides is 1. The lowest BCUT2D eigenvalue weighted by atomic mass is 9.95. The number of likely N-dealkylation sites (tertiary alicyclic amines) is 1. The van der Waals surface area contributed by atoms with Crippen molar-refractivity contribution in [2.75, 3.05) is 13.1 Å². The average Bonchev–Trinajstić information content (AvgIpc) is 3.55. The van der Waals surface area contributed by atoms with Crippen LogP contribution in [-0.2, 0) is 7.05 Å². The fourth-order valence-electron chi connectivity index (χ4n) is 3.98. The van der Waals surface area contributed by atoms with Crippen LogP contribution in [0.1, 0.15) is 35.1 Å². The summed E-state index contributed by atoms with van der Waals surface area (Å²) in [4.78, 5) is 27.3. The summed E-state index contributed by atoms with van der Waals surface area (Å²) in [7, 11) is 1.66. The van der Waals surface area contributed by atoms with Crippen LogP contribution in [0.3, 0.4) is 0 Å². The maximum Gasteiger partial charge on any atom is 0.350 e. The van der Waals surface area contributed by atoms with E-state index in [0.29, 0.717) is 37.5 Å². The Kier molecular flexibility index (Phi) is 4.78. The summed E-state index contributed by atoms with van der Waals surface area (Å²) >= 11 is 0. The predicted octanol–water partition coefficient (Wildman–Crippen LogP) is 2.84. The van der Waals surface area contributed by atoms with Crippen LogP contribution in [0.15, 0.2) is 68.5 Å². The van der Waals surface area contributed by atoms with Gasteiger partial charge in [0.15, 0.2) is 11.5 Å². The topological polar surface area (TPSA) is 99.3 Å². The number of para-hydroxylation sites is 1. The van der Waals surface area contributed by atoms with Gasteiger partial charge in [0.1, 0.15) is 5.82 Å². The number of furan rings is 1. The van der Waals surface area contributed by atoms with Crippen molar-refractivity contribution in [3.63, 3.8) is 0 Å². The van der Waals surface area contributed by atoms with Crippen LogP contribution in [0.2, 0.25) is 0 Å².